The van der Waals surface area contributed by atoms with E-state index in [0.29, 0.717) is 16.7 Å². The number of fused-ring (bicyclic) bond motifs is 1. The van der Waals surface area contributed by atoms with Crippen molar-refractivity contribution in [2.24, 2.45) is 0 Å². The largest absolute Gasteiger partial charge is 0.465 e. The predicted molar refractivity (Wildman–Crippen MR) is 154 cm³/mol. The van der Waals surface area contributed by atoms with E-state index < -0.39 is 16.0 Å². The molecule has 1 heterocycles. The molecule has 36 heavy (non-hydrogen) atoms. The Bertz CT molecular complexity index is 1380. The topological polar surface area (TPSA) is 49.6 Å². The van der Waals surface area contributed by atoms with Crippen LogP contribution in [0.5, 0.6) is 0 Å². The Balaban J connectivity index is 2.48. The number of allylic oxidation sites excluding steroid dienone is 4. The van der Waals surface area contributed by atoms with E-state index in [2.05, 4.69) is 54.3 Å². The number of ether oxygens (including phenoxy) is 1. The van der Waals surface area contributed by atoms with Gasteiger partial charge in [0.1, 0.15) is 20.0 Å². The van der Waals surface area contributed by atoms with Crippen LogP contribution in [-0.4, -0.2) is 70.0 Å². The molecule has 0 fully saturated rings. The van der Waals surface area contributed by atoms with Crippen molar-refractivity contribution in [1.82, 2.24) is 0 Å². The SMILES string of the molecule is C=CC(C=C1C=C(c2cc(C(C)=C=O)ccc2C(=O)OC)c2ccc(N(C)C)cc2S1(C)C)=[N+](C)C. The Kier molecular flexibility index (Phi) is 7.92. The van der Waals surface area contributed by atoms with Gasteiger partial charge in [-0.25, -0.2) is 14.2 Å². The summed E-state index contributed by atoms with van der Waals surface area (Å²) in [5, 5.41) is 0. The first-order valence-corrected chi connectivity index (χ1v) is 14.0. The molecule has 3 rings (SSSR count). The quantitative estimate of drug-likeness (QED) is 0.228. The number of esters is 1. The van der Waals surface area contributed by atoms with Crippen LogP contribution in [0.1, 0.15) is 34.0 Å². The Morgan fingerprint density at radius 1 is 1.11 bits per heavy atom. The van der Waals surface area contributed by atoms with E-state index in [4.69, 9.17) is 4.74 Å². The van der Waals surface area contributed by atoms with Gasteiger partial charge in [0.05, 0.1) is 12.7 Å². The van der Waals surface area contributed by atoms with Crippen LogP contribution in [0.3, 0.4) is 0 Å². The molecular formula is C30H35N2O3S+. The van der Waals surface area contributed by atoms with Crippen molar-refractivity contribution in [2.45, 2.75) is 11.8 Å². The highest BCUT2D eigenvalue weighted by molar-refractivity contribution is 8.36. The fourth-order valence-corrected chi connectivity index (χ4v) is 6.43. The zero-order valence-electron chi connectivity index (χ0n) is 22.4. The smallest absolute Gasteiger partial charge is 0.338 e. The second kappa shape index (κ2) is 10.6. The molecule has 0 bridgehead atoms. The standard InChI is InChI=1S/C30H35N2O3S/c1-10-22(31(3)4)16-24-18-28(25-14-12-23(32(5)6)17-29(25)36(24,8)9)27-15-21(20(2)19-33)11-13-26(27)30(34)35-7/h10-18H,1H2,2-9H3/q+1. The van der Waals surface area contributed by atoms with Crippen LogP contribution in [0.4, 0.5) is 5.69 Å². The van der Waals surface area contributed by atoms with Crippen molar-refractivity contribution in [3.05, 3.63) is 88.4 Å². The lowest BCUT2D eigenvalue weighted by Crippen LogP contribution is -2.16. The molecule has 5 nitrogen and oxygen atoms in total. The summed E-state index contributed by atoms with van der Waals surface area (Å²) in [5.41, 5.74) is 6.45. The molecular weight excluding hydrogens is 468 g/mol. The second-order valence-corrected chi connectivity index (χ2v) is 13.1. The third-order valence-corrected chi connectivity index (χ3v) is 9.37. The third-order valence-electron chi connectivity index (χ3n) is 6.51. The molecule has 0 radical (unpaired) electrons. The van der Waals surface area contributed by atoms with E-state index in [0.717, 1.165) is 33.0 Å². The number of carbonyl (C=O) groups excluding carboxylic acids is 2. The number of nitrogens with zero attached hydrogens (tertiary/aromatic N) is 2. The monoisotopic (exact) mass is 503 g/mol. The molecule has 0 saturated carbocycles. The van der Waals surface area contributed by atoms with E-state index in [1.54, 1.807) is 19.1 Å². The van der Waals surface area contributed by atoms with Crippen molar-refractivity contribution < 1.29 is 18.9 Å². The van der Waals surface area contributed by atoms with Gasteiger partial charge in [0, 0.05) is 47.3 Å². The van der Waals surface area contributed by atoms with Crippen LogP contribution < -0.4 is 4.90 Å². The molecule has 0 aliphatic carbocycles. The molecule has 2 aromatic carbocycles. The van der Waals surface area contributed by atoms with Crippen LogP contribution in [0.2, 0.25) is 0 Å². The van der Waals surface area contributed by atoms with Gasteiger partial charge in [0.25, 0.3) is 0 Å². The van der Waals surface area contributed by atoms with Crippen LogP contribution in [0, 0.1) is 0 Å². The summed E-state index contributed by atoms with van der Waals surface area (Å²) in [6, 6.07) is 11.8. The van der Waals surface area contributed by atoms with Gasteiger partial charge in [-0.15, -0.1) is 0 Å². The van der Waals surface area contributed by atoms with E-state index in [-0.39, 0.29) is 0 Å². The normalized spacial score (nSPS) is 15.7. The Labute approximate surface area is 216 Å². The summed E-state index contributed by atoms with van der Waals surface area (Å²) < 4.78 is 7.16. The molecule has 6 heteroatoms. The van der Waals surface area contributed by atoms with E-state index in [1.807, 2.05) is 50.8 Å². The van der Waals surface area contributed by atoms with Gasteiger partial charge in [-0.1, -0.05) is 18.7 Å². The molecule has 188 valence electrons. The van der Waals surface area contributed by atoms with Crippen molar-refractivity contribution in [2.75, 3.05) is 52.7 Å². The number of benzene rings is 2. The minimum atomic E-state index is -1.41. The number of hydrogen-bond acceptors (Lipinski definition) is 4. The second-order valence-electron chi connectivity index (χ2n) is 9.51. The summed E-state index contributed by atoms with van der Waals surface area (Å²) in [6.45, 7) is 5.72. The number of methoxy groups -OCH3 is 1. The minimum absolute atomic E-state index is 0.425. The lowest BCUT2D eigenvalue weighted by molar-refractivity contribution is -0.462. The van der Waals surface area contributed by atoms with Crippen LogP contribution in [-0.2, 0) is 9.53 Å². The fourth-order valence-electron chi connectivity index (χ4n) is 4.20. The first kappa shape index (κ1) is 27.0. The highest BCUT2D eigenvalue weighted by Crippen LogP contribution is 2.63. The maximum Gasteiger partial charge on any atom is 0.338 e. The van der Waals surface area contributed by atoms with Gasteiger partial charge in [-0.2, -0.15) is 10.0 Å². The molecule has 2 aromatic rings. The van der Waals surface area contributed by atoms with Gasteiger partial charge in [-0.3, -0.25) is 0 Å². The average Bonchev–Trinajstić information content (AvgIpc) is 2.86. The van der Waals surface area contributed by atoms with Crippen LogP contribution in [0.25, 0.3) is 11.1 Å². The summed E-state index contributed by atoms with van der Waals surface area (Å²) in [7, 11) is 8.02. The fraction of sp³-hybridized carbons (Fsp3) is 0.267. The maximum atomic E-state index is 12.8. The van der Waals surface area contributed by atoms with Crippen molar-refractivity contribution in [1.29, 1.82) is 0 Å². The van der Waals surface area contributed by atoms with Gasteiger partial charge < -0.3 is 9.64 Å². The van der Waals surface area contributed by atoms with E-state index in [9.17, 15) is 9.59 Å². The molecule has 0 aromatic heterocycles. The summed E-state index contributed by atoms with van der Waals surface area (Å²) >= 11 is 0. The summed E-state index contributed by atoms with van der Waals surface area (Å²) in [4.78, 5) is 28.7. The highest BCUT2D eigenvalue weighted by Gasteiger charge is 2.32. The molecule has 0 atom stereocenters. The van der Waals surface area contributed by atoms with Crippen LogP contribution >= 0.6 is 10.0 Å². The Morgan fingerprint density at radius 3 is 2.36 bits per heavy atom. The molecule has 0 unspecified atom stereocenters. The lowest BCUT2D eigenvalue weighted by atomic mass is 9.90. The molecule has 0 amide bonds. The van der Waals surface area contributed by atoms with Gasteiger partial charge in [-0.05, 0) is 72.0 Å². The maximum absolute atomic E-state index is 12.8. The van der Waals surface area contributed by atoms with Gasteiger partial charge >= 0.3 is 5.97 Å². The lowest BCUT2D eigenvalue weighted by Gasteiger charge is -2.40. The number of anilines is 1. The summed E-state index contributed by atoms with van der Waals surface area (Å²) in [5.74, 6) is 1.55. The molecule has 1 aliphatic heterocycles. The number of carbonyl (C=O) groups is 1. The molecule has 1 aliphatic rings. The van der Waals surface area contributed by atoms with E-state index in [1.165, 1.54) is 12.0 Å². The summed E-state index contributed by atoms with van der Waals surface area (Å²) in [6.07, 6.45) is 10.8. The van der Waals surface area contributed by atoms with Crippen molar-refractivity contribution in [3.8, 4) is 0 Å². The highest BCUT2D eigenvalue weighted by atomic mass is 32.3. The van der Waals surface area contributed by atoms with Crippen molar-refractivity contribution in [3.63, 3.8) is 0 Å². The van der Waals surface area contributed by atoms with Gasteiger partial charge in [0.2, 0.25) is 0 Å². The first-order valence-electron chi connectivity index (χ1n) is 11.6. The Hall–Kier alpha value is -3.60. The average molecular weight is 504 g/mol. The molecule has 0 saturated heterocycles. The zero-order chi connectivity index (χ0) is 26.8. The predicted octanol–water partition coefficient (Wildman–Crippen LogP) is 5.43. The molecule has 0 spiro atoms. The minimum Gasteiger partial charge on any atom is -0.465 e. The first-order chi connectivity index (χ1) is 17.0. The number of hydrogen-bond donors (Lipinski definition) is 0. The van der Waals surface area contributed by atoms with Crippen molar-refractivity contribution >= 4 is 44.5 Å². The van der Waals surface area contributed by atoms with E-state index >= 15 is 0 Å². The third kappa shape index (κ3) is 5.01. The zero-order valence-corrected chi connectivity index (χ0v) is 23.2. The number of rotatable bonds is 6. The Morgan fingerprint density at radius 2 is 1.81 bits per heavy atom. The molecule has 0 N–H and O–H groups in total. The van der Waals surface area contributed by atoms with Gasteiger partial charge in [0.15, 0.2) is 5.71 Å². The van der Waals surface area contributed by atoms with Crippen LogP contribution in [0.15, 0.2) is 71.0 Å².